The minimum atomic E-state index is -4.14. The van der Waals surface area contributed by atoms with Gasteiger partial charge >= 0.3 is 6.18 Å². The van der Waals surface area contributed by atoms with Gasteiger partial charge in [-0.05, 0) is 38.6 Å². The third kappa shape index (κ3) is 11.3. The fraction of sp³-hybridized carbons (Fsp3) is 0.944. The fourth-order valence-electron chi connectivity index (χ4n) is 3.50. The molecule has 3 N–H and O–H groups in total. The van der Waals surface area contributed by atoms with Gasteiger partial charge in [0, 0.05) is 19.6 Å². The van der Waals surface area contributed by atoms with Crippen LogP contribution in [0.3, 0.4) is 0 Å². The first kappa shape index (κ1) is 26.7. The van der Waals surface area contributed by atoms with Crippen LogP contribution in [0.25, 0.3) is 0 Å². The van der Waals surface area contributed by atoms with E-state index < -0.39 is 18.3 Å². The van der Waals surface area contributed by atoms with Crippen molar-refractivity contribution in [2.24, 2.45) is 10.9 Å². The molecule has 1 saturated heterocycles. The summed E-state index contributed by atoms with van der Waals surface area (Å²) < 4.78 is 37.4. The summed E-state index contributed by atoms with van der Waals surface area (Å²) in [4.78, 5) is 5.97. The Morgan fingerprint density at radius 1 is 1.15 bits per heavy atom. The van der Waals surface area contributed by atoms with Crippen molar-refractivity contribution in [3.8, 4) is 0 Å². The van der Waals surface area contributed by atoms with E-state index in [1.165, 1.54) is 4.90 Å². The Labute approximate surface area is 178 Å². The van der Waals surface area contributed by atoms with E-state index in [9.17, 15) is 18.3 Å². The van der Waals surface area contributed by atoms with Crippen LogP contribution in [0.1, 0.15) is 52.9 Å². The van der Waals surface area contributed by atoms with Crippen LogP contribution in [0.4, 0.5) is 13.2 Å². The molecule has 9 heteroatoms. The van der Waals surface area contributed by atoms with Gasteiger partial charge in [-0.2, -0.15) is 13.2 Å². The highest BCUT2D eigenvalue weighted by Crippen LogP contribution is 2.22. The van der Waals surface area contributed by atoms with E-state index in [0.717, 1.165) is 19.3 Å². The van der Waals surface area contributed by atoms with E-state index in [1.807, 2.05) is 20.8 Å². The summed E-state index contributed by atoms with van der Waals surface area (Å²) in [6, 6.07) is 0. The fourth-order valence-corrected chi connectivity index (χ4v) is 3.50. The number of rotatable bonds is 10. The Kier molecular flexibility index (Phi) is 12.9. The van der Waals surface area contributed by atoms with Gasteiger partial charge in [-0.1, -0.05) is 26.7 Å². The summed E-state index contributed by atoms with van der Waals surface area (Å²) in [5, 5.41) is 17.0. The third-order valence-corrected chi connectivity index (χ3v) is 4.64. The van der Waals surface area contributed by atoms with Crippen molar-refractivity contribution in [1.29, 1.82) is 0 Å². The van der Waals surface area contributed by atoms with E-state index in [4.69, 9.17) is 0 Å². The van der Waals surface area contributed by atoms with Crippen molar-refractivity contribution in [2.75, 3.05) is 39.3 Å². The second kappa shape index (κ2) is 13.0. The van der Waals surface area contributed by atoms with E-state index in [0.29, 0.717) is 51.5 Å². The number of aliphatic hydroxyl groups is 1. The SMILES string of the molecule is CCCC(O)(CCC)CN=C(NCC)NCC1CCN(CC(F)(F)F)C1.I. The molecule has 0 saturated carbocycles. The summed E-state index contributed by atoms with van der Waals surface area (Å²) in [7, 11) is 0. The van der Waals surface area contributed by atoms with Crippen LogP contribution < -0.4 is 10.6 Å². The molecule has 0 aromatic heterocycles. The highest BCUT2D eigenvalue weighted by atomic mass is 127. The van der Waals surface area contributed by atoms with Gasteiger partial charge in [0.25, 0.3) is 0 Å². The number of hydrogen-bond donors (Lipinski definition) is 3. The normalized spacial score (nSPS) is 19.1. The van der Waals surface area contributed by atoms with Crippen molar-refractivity contribution >= 4 is 29.9 Å². The van der Waals surface area contributed by atoms with Crippen molar-refractivity contribution in [2.45, 2.75) is 64.7 Å². The minimum Gasteiger partial charge on any atom is -0.388 e. The molecule has 0 spiro atoms. The zero-order valence-electron chi connectivity index (χ0n) is 16.7. The van der Waals surface area contributed by atoms with Gasteiger partial charge in [-0.25, -0.2) is 0 Å². The Bertz CT molecular complexity index is 429. The molecular formula is C18H36F3IN4O. The van der Waals surface area contributed by atoms with Crippen LogP contribution >= 0.6 is 24.0 Å². The molecular weight excluding hydrogens is 472 g/mol. The maximum absolute atomic E-state index is 12.5. The van der Waals surface area contributed by atoms with Gasteiger partial charge in [0.1, 0.15) is 0 Å². The molecule has 5 nitrogen and oxygen atoms in total. The number of guanidine groups is 1. The Morgan fingerprint density at radius 3 is 2.30 bits per heavy atom. The summed E-state index contributed by atoms with van der Waals surface area (Å²) >= 11 is 0. The molecule has 0 aromatic rings. The van der Waals surface area contributed by atoms with Crippen molar-refractivity contribution in [3.05, 3.63) is 0 Å². The molecule has 1 rings (SSSR count). The first-order valence-electron chi connectivity index (χ1n) is 9.75. The minimum absolute atomic E-state index is 0. The maximum atomic E-state index is 12.5. The maximum Gasteiger partial charge on any atom is 0.401 e. The number of likely N-dealkylation sites (tertiary alicyclic amines) is 1. The highest BCUT2D eigenvalue weighted by molar-refractivity contribution is 14.0. The van der Waals surface area contributed by atoms with Gasteiger partial charge in [0.2, 0.25) is 0 Å². The average molecular weight is 508 g/mol. The Balaban J connectivity index is 0.00000676. The van der Waals surface area contributed by atoms with Gasteiger partial charge in [0.15, 0.2) is 5.96 Å². The predicted molar refractivity (Wildman–Crippen MR) is 115 cm³/mol. The standard InChI is InChI=1S/C18H35F3N4O.HI/c1-4-8-17(26,9-5-2)13-24-16(22-6-3)23-11-15-7-10-25(12-15)14-18(19,20)21;/h15,26H,4-14H2,1-3H3,(H2,22,23,24);1H. The van der Waals surface area contributed by atoms with Crippen LogP contribution in [0.5, 0.6) is 0 Å². The van der Waals surface area contributed by atoms with Gasteiger partial charge in [0.05, 0.1) is 18.7 Å². The topological polar surface area (TPSA) is 59.9 Å². The monoisotopic (exact) mass is 508 g/mol. The average Bonchev–Trinajstić information content (AvgIpc) is 2.96. The molecule has 0 bridgehead atoms. The van der Waals surface area contributed by atoms with Crippen molar-refractivity contribution in [1.82, 2.24) is 15.5 Å². The number of hydrogen-bond acceptors (Lipinski definition) is 3. The van der Waals surface area contributed by atoms with Crippen LogP contribution in [-0.2, 0) is 0 Å². The second-order valence-corrected chi connectivity index (χ2v) is 7.31. The van der Waals surface area contributed by atoms with Crippen LogP contribution in [0.2, 0.25) is 0 Å². The third-order valence-electron chi connectivity index (χ3n) is 4.64. The second-order valence-electron chi connectivity index (χ2n) is 7.31. The van der Waals surface area contributed by atoms with Gasteiger partial charge in [-0.3, -0.25) is 9.89 Å². The first-order valence-corrected chi connectivity index (χ1v) is 9.75. The molecule has 162 valence electrons. The first-order chi connectivity index (χ1) is 12.2. The molecule has 1 atom stereocenters. The van der Waals surface area contributed by atoms with Crippen LogP contribution in [0.15, 0.2) is 4.99 Å². The summed E-state index contributed by atoms with van der Waals surface area (Å²) in [6.07, 6.45) is -0.183. The largest absolute Gasteiger partial charge is 0.401 e. The molecule has 1 aliphatic rings. The van der Waals surface area contributed by atoms with Crippen LogP contribution in [0, 0.1) is 5.92 Å². The molecule has 1 fully saturated rings. The molecule has 1 heterocycles. The molecule has 0 amide bonds. The molecule has 1 aliphatic heterocycles. The number of halogens is 4. The summed E-state index contributed by atoms with van der Waals surface area (Å²) in [5.74, 6) is 0.791. The lowest BCUT2D eigenvalue weighted by atomic mass is 9.93. The summed E-state index contributed by atoms with van der Waals surface area (Å²) in [6.45, 7) is 7.74. The molecule has 0 aromatic carbocycles. The zero-order valence-corrected chi connectivity index (χ0v) is 19.1. The van der Waals surface area contributed by atoms with Gasteiger partial charge < -0.3 is 15.7 Å². The predicted octanol–water partition coefficient (Wildman–Crippen LogP) is 3.38. The molecule has 0 aliphatic carbocycles. The zero-order chi connectivity index (χ0) is 19.6. The van der Waals surface area contributed by atoms with Crippen molar-refractivity contribution < 1.29 is 18.3 Å². The van der Waals surface area contributed by atoms with E-state index >= 15 is 0 Å². The lowest BCUT2D eigenvalue weighted by Gasteiger charge is -2.26. The number of aliphatic imine (C=N–C) groups is 1. The lowest BCUT2D eigenvalue weighted by Crippen LogP contribution is -2.42. The van der Waals surface area contributed by atoms with E-state index in [2.05, 4.69) is 15.6 Å². The van der Waals surface area contributed by atoms with E-state index in [-0.39, 0.29) is 29.9 Å². The molecule has 27 heavy (non-hydrogen) atoms. The quantitative estimate of drug-likeness (QED) is 0.241. The lowest BCUT2D eigenvalue weighted by molar-refractivity contribution is -0.143. The van der Waals surface area contributed by atoms with E-state index in [1.54, 1.807) is 0 Å². The van der Waals surface area contributed by atoms with Gasteiger partial charge in [-0.15, -0.1) is 24.0 Å². The Morgan fingerprint density at radius 2 is 1.78 bits per heavy atom. The number of nitrogens with zero attached hydrogens (tertiary/aromatic N) is 2. The highest BCUT2D eigenvalue weighted by Gasteiger charge is 2.34. The van der Waals surface area contributed by atoms with Crippen LogP contribution in [-0.4, -0.2) is 67.0 Å². The number of nitrogens with one attached hydrogen (secondary N) is 2. The molecule has 0 radical (unpaired) electrons. The van der Waals surface area contributed by atoms with Crippen molar-refractivity contribution in [3.63, 3.8) is 0 Å². The number of alkyl halides is 3. The molecule has 1 unspecified atom stereocenters. The Hall–Kier alpha value is -0.290. The summed E-state index contributed by atoms with van der Waals surface area (Å²) in [5.41, 5.74) is -0.789. The smallest absolute Gasteiger partial charge is 0.388 e.